The van der Waals surface area contributed by atoms with Crippen LogP contribution >= 0.6 is 0 Å². The lowest BCUT2D eigenvalue weighted by Gasteiger charge is -2.03. The Morgan fingerprint density at radius 1 is 1.53 bits per heavy atom. The Morgan fingerprint density at radius 3 is 2.80 bits per heavy atom. The first kappa shape index (κ1) is 11.3. The van der Waals surface area contributed by atoms with E-state index >= 15 is 0 Å². The van der Waals surface area contributed by atoms with Crippen molar-refractivity contribution in [2.24, 2.45) is 0 Å². The van der Waals surface area contributed by atoms with Crippen LogP contribution in [-0.2, 0) is 16.0 Å². The van der Waals surface area contributed by atoms with E-state index in [0.29, 0.717) is 12.2 Å². The SMILES string of the molecule is CCOC(=O)Cc1ccc(C#N)c(C)c1. The van der Waals surface area contributed by atoms with Crippen LogP contribution < -0.4 is 0 Å². The molecular weight excluding hydrogens is 190 g/mol. The molecule has 0 spiro atoms. The van der Waals surface area contributed by atoms with Crippen molar-refractivity contribution in [1.82, 2.24) is 0 Å². The first-order valence-corrected chi connectivity index (χ1v) is 4.82. The highest BCUT2D eigenvalue weighted by Crippen LogP contribution is 2.10. The third-order valence-corrected chi connectivity index (χ3v) is 2.07. The number of ether oxygens (including phenoxy) is 1. The second-order valence-corrected chi connectivity index (χ2v) is 3.24. The lowest BCUT2D eigenvalue weighted by atomic mass is 10.0. The van der Waals surface area contributed by atoms with Gasteiger partial charge >= 0.3 is 5.97 Å². The fraction of sp³-hybridized carbons (Fsp3) is 0.333. The predicted molar refractivity (Wildman–Crippen MR) is 56.2 cm³/mol. The first-order valence-electron chi connectivity index (χ1n) is 4.82. The maximum atomic E-state index is 11.2. The van der Waals surface area contributed by atoms with Gasteiger partial charge in [-0.3, -0.25) is 4.79 Å². The highest BCUT2D eigenvalue weighted by Gasteiger charge is 2.05. The molecule has 0 aromatic heterocycles. The molecule has 0 saturated carbocycles. The molecule has 0 N–H and O–H groups in total. The molecule has 78 valence electrons. The van der Waals surface area contributed by atoms with Gasteiger partial charge in [0.2, 0.25) is 0 Å². The Hall–Kier alpha value is -1.82. The highest BCUT2D eigenvalue weighted by molar-refractivity contribution is 5.72. The van der Waals surface area contributed by atoms with Gasteiger partial charge in [-0.1, -0.05) is 12.1 Å². The molecule has 0 fully saturated rings. The number of esters is 1. The van der Waals surface area contributed by atoms with Crippen molar-refractivity contribution in [3.8, 4) is 6.07 Å². The molecule has 15 heavy (non-hydrogen) atoms. The highest BCUT2D eigenvalue weighted by atomic mass is 16.5. The topological polar surface area (TPSA) is 50.1 Å². The molecule has 0 aliphatic heterocycles. The quantitative estimate of drug-likeness (QED) is 0.706. The average molecular weight is 203 g/mol. The second-order valence-electron chi connectivity index (χ2n) is 3.24. The zero-order valence-electron chi connectivity index (χ0n) is 8.91. The van der Waals surface area contributed by atoms with Crippen LogP contribution in [-0.4, -0.2) is 12.6 Å². The molecule has 0 saturated heterocycles. The number of carbonyl (C=O) groups is 1. The Labute approximate surface area is 89.3 Å². The van der Waals surface area contributed by atoms with Crippen molar-refractivity contribution in [3.05, 3.63) is 34.9 Å². The van der Waals surface area contributed by atoms with Gasteiger partial charge < -0.3 is 4.74 Å². The maximum Gasteiger partial charge on any atom is 0.310 e. The van der Waals surface area contributed by atoms with E-state index in [1.807, 2.05) is 13.0 Å². The summed E-state index contributed by atoms with van der Waals surface area (Å²) < 4.78 is 4.84. The molecule has 0 bridgehead atoms. The summed E-state index contributed by atoms with van der Waals surface area (Å²) in [6, 6.07) is 7.43. The van der Waals surface area contributed by atoms with E-state index in [4.69, 9.17) is 10.00 Å². The first-order chi connectivity index (χ1) is 7.17. The van der Waals surface area contributed by atoms with Crippen molar-refractivity contribution in [2.45, 2.75) is 20.3 Å². The van der Waals surface area contributed by atoms with Crippen molar-refractivity contribution >= 4 is 5.97 Å². The van der Waals surface area contributed by atoms with Crippen molar-refractivity contribution < 1.29 is 9.53 Å². The monoisotopic (exact) mass is 203 g/mol. The molecule has 0 aliphatic carbocycles. The molecule has 1 aromatic rings. The normalized spacial score (nSPS) is 9.40. The van der Waals surface area contributed by atoms with Gasteiger partial charge in [-0.25, -0.2) is 0 Å². The molecule has 0 amide bonds. The minimum atomic E-state index is -0.235. The van der Waals surface area contributed by atoms with Crippen molar-refractivity contribution in [2.75, 3.05) is 6.61 Å². The van der Waals surface area contributed by atoms with Gasteiger partial charge in [-0.15, -0.1) is 0 Å². The summed E-state index contributed by atoms with van der Waals surface area (Å²) in [7, 11) is 0. The van der Waals surface area contributed by atoms with Crippen LogP contribution in [0.5, 0.6) is 0 Å². The fourth-order valence-electron chi connectivity index (χ4n) is 1.34. The predicted octanol–water partition coefficient (Wildman–Crippen LogP) is 1.97. The van der Waals surface area contributed by atoms with Gasteiger partial charge in [0.1, 0.15) is 0 Å². The number of nitriles is 1. The van der Waals surface area contributed by atoms with Gasteiger partial charge in [-0.05, 0) is 31.0 Å². The lowest BCUT2D eigenvalue weighted by Crippen LogP contribution is -2.07. The number of hydrogen-bond acceptors (Lipinski definition) is 3. The Kier molecular flexibility index (Phi) is 3.87. The van der Waals surface area contributed by atoms with Crippen LogP contribution in [0.25, 0.3) is 0 Å². The number of carbonyl (C=O) groups excluding carboxylic acids is 1. The van der Waals surface area contributed by atoms with Crippen LogP contribution in [0.2, 0.25) is 0 Å². The fourth-order valence-corrected chi connectivity index (χ4v) is 1.34. The Bertz CT molecular complexity index is 405. The number of rotatable bonds is 3. The maximum absolute atomic E-state index is 11.2. The second kappa shape index (κ2) is 5.16. The van der Waals surface area contributed by atoms with E-state index in [0.717, 1.165) is 11.1 Å². The van der Waals surface area contributed by atoms with E-state index in [2.05, 4.69) is 6.07 Å². The largest absolute Gasteiger partial charge is 0.466 e. The minimum Gasteiger partial charge on any atom is -0.466 e. The molecule has 0 heterocycles. The number of aryl methyl sites for hydroxylation is 1. The molecule has 3 heteroatoms. The average Bonchev–Trinajstić information content (AvgIpc) is 2.18. The van der Waals surface area contributed by atoms with E-state index in [1.165, 1.54) is 0 Å². The van der Waals surface area contributed by atoms with Crippen LogP contribution in [0.4, 0.5) is 0 Å². The summed E-state index contributed by atoms with van der Waals surface area (Å²) in [4.78, 5) is 11.2. The third-order valence-electron chi connectivity index (χ3n) is 2.07. The summed E-state index contributed by atoms with van der Waals surface area (Å²) in [5.41, 5.74) is 2.41. The van der Waals surface area contributed by atoms with Crippen LogP contribution in [0, 0.1) is 18.3 Å². The zero-order chi connectivity index (χ0) is 11.3. The number of nitrogens with zero attached hydrogens (tertiary/aromatic N) is 1. The van der Waals surface area contributed by atoms with Gasteiger partial charge in [0, 0.05) is 0 Å². The van der Waals surface area contributed by atoms with E-state index in [1.54, 1.807) is 19.1 Å². The molecule has 0 aliphatic rings. The molecule has 0 unspecified atom stereocenters. The summed E-state index contributed by atoms with van der Waals surface area (Å²) in [6.07, 6.45) is 0.264. The van der Waals surface area contributed by atoms with Gasteiger partial charge in [0.25, 0.3) is 0 Å². The van der Waals surface area contributed by atoms with E-state index in [9.17, 15) is 4.79 Å². The van der Waals surface area contributed by atoms with Crippen LogP contribution in [0.1, 0.15) is 23.6 Å². The standard InChI is InChI=1S/C12H13NO2/c1-3-15-12(14)7-10-4-5-11(8-13)9(2)6-10/h4-6H,3,7H2,1-2H3. The van der Waals surface area contributed by atoms with Gasteiger partial charge in [-0.2, -0.15) is 5.26 Å². The minimum absolute atomic E-state index is 0.235. The number of hydrogen-bond donors (Lipinski definition) is 0. The van der Waals surface area contributed by atoms with Crippen molar-refractivity contribution in [1.29, 1.82) is 5.26 Å². The van der Waals surface area contributed by atoms with E-state index in [-0.39, 0.29) is 12.4 Å². The smallest absolute Gasteiger partial charge is 0.310 e. The molecule has 3 nitrogen and oxygen atoms in total. The molecule has 0 atom stereocenters. The van der Waals surface area contributed by atoms with Gasteiger partial charge in [0.05, 0.1) is 24.7 Å². The summed E-state index contributed by atoms with van der Waals surface area (Å²) in [5.74, 6) is -0.235. The molecular formula is C12H13NO2. The summed E-state index contributed by atoms with van der Waals surface area (Å²) in [5, 5.41) is 8.73. The Morgan fingerprint density at radius 2 is 2.27 bits per heavy atom. The van der Waals surface area contributed by atoms with Crippen LogP contribution in [0.15, 0.2) is 18.2 Å². The molecule has 0 radical (unpaired) electrons. The Balaban J connectivity index is 2.76. The van der Waals surface area contributed by atoms with Crippen molar-refractivity contribution in [3.63, 3.8) is 0 Å². The van der Waals surface area contributed by atoms with E-state index < -0.39 is 0 Å². The summed E-state index contributed by atoms with van der Waals surface area (Å²) in [6.45, 7) is 4.03. The molecule has 1 rings (SSSR count). The molecule has 1 aromatic carbocycles. The lowest BCUT2D eigenvalue weighted by molar-refractivity contribution is -0.142. The number of benzene rings is 1. The van der Waals surface area contributed by atoms with Gasteiger partial charge in [0.15, 0.2) is 0 Å². The third kappa shape index (κ3) is 3.10. The van der Waals surface area contributed by atoms with Crippen LogP contribution in [0.3, 0.4) is 0 Å². The summed E-state index contributed by atoms with van der Waals surface area (Å²) >= 11 is 0. The zero-order valence-corrected chi connectivity index (χ0v) is 8.91.